The Kier molecular flexibility index (Phi) is 5.64. The molecule has 0 saturated heterocycles. The largest absolute Gasteiger partial charge is 0.428 e. The lowest BCUT2D eigenvalue weighted by atomic mass is 10.4. The monoisotopic (exact) mass is 174 g/mol. The minimum Gasteiger partial charge on any atom is -0.428 e. The zero-order valence-electron chi connectivity index (χ0n) is 6.49. The van der Waals surface area contributed by atoms with Crippen LogP contribution in [0.25, 0.3) is 0 Å². The van der Waals surface area contributed by atoms with Crippen LogP contribution in [0.3, 0.4) is 0 Å². The van der Waals surface area contributed by atoms with Crippen LogP contribution in [0.4, 0.5) is 0 Å². The summed E-state index contributed by atoms with van der Waals surface area (Å²) in [6.45, 7) is 2.12. The lowest BCUT2D eigenvalue weighted by Gasteiger charge is -2.02. The molecular formula is C7H10O5. The Morgan fingerprint density at radius 2 is 1.92 bits per heavy atom. The van der Waals surface area contributed by atoms with E-state index in [1.807, 2.05) is 0 Å². The minimum atomic E-state index is -0.832. The number of aliphatic hydroxyl groups excluding tert-OH is 1. The Morgan fingerprint density at radius 1 is 1.33 bits per heavy atom. The predicted octanol–water partition coefficient (Wildman–Crippen LogP) is -0.401. The summed E-state index contributed by atoms with van der Waals surface area (Å²) >= 11 is 0. The van der Waals surface area contributed by atoms with Gasteiger partial charge in [-0.25, -0.2) is 4.79 Å². The van der Waals surface area contributed by atoms with Crippen molar-refractivity contribution in [2.75, 3.05) is 13.4 Å². The molecule has 0 amide bonds. The second-order valence-electron chi connectivity index (χ2n) is 1.80. The fourth-order valence-corrected chi connectivity index (χ4v) is 0.383. The zero-order chi connectivity index (χ0) is 9.40. The van der Waals surface area contributed by atoms with Crippen molar-refractivity contribution in [2.45, 2.75) is 6.42 Å². The van der Waals surface area contributed by atoms with E-state index in [0.29, 0.717) is 0 Å². The summed E-state index contributed by atoms with van der Waals surface area (Å²) in [7, 11) is 0. The third-order valence-corrected chi connectivity index (χ3v) is 0.880. The third kappa shape index (κ3) is 5.43. The Hall–Kier alpha value is -1.36. The molecule has 0 unspecified atom stereocenters. The van der Waals surface area contributed by atoms with E-state index >= 15 is 0 Å². The molecule has 0 atom stereocenters. The molecule has 0 aliphatic heterocycles. The van der Waals surface area contributed by atoms with Gasteiger partial charge >= 0.3 is 11.9 Å². The third-order valence-electron chi connectivity index (χ3n) is 0.880. The van der Waals surface area contributed by atoms with Gasteiger partial charge in [0.15, 0.2) is 0 Å². The van der Waals surface area contributed by atoms with E-state index in [-0.39, 0.29) is 6.42 Å². The zero-order valence-corrected chi connectivity index (χ0v) is 6.49. The van der Waals surface area contributed by atoms with Gasteiger partial charge in [-0.15, -0.1) is 6.58 Å². The average Bonchev–Trinajstić information content (AvgIpc) is 2.04. The van der Waals surface area contributed by atoms with Gasteiger partial charge in [-0.3, -0.25) is 4.79 Å². The molecule has 5 nitrogen and oxygen atoms in total. The predicted molar refractivity (Wildman–Crippen MR) is 39.0 cm³/mol. The minimum absolute atomic E-state index is 0.0661. The second-order valence-corrected chi connectivity index (χ2v) is 1.80. The van der Waals surface area contributed by atoms with Crippen LogP contribution >= 0.6 is 0 Å². The highest BCUT2D eigenvalue weighted by Crippen LogP contribution is 1.87. The first-order valence-corrected chi connectivity index (χ1v) is 3.23. The van der Waals surface area contributed by atoms with Gasteiger partial charge in [0.1, 0.15) is 6.61 Å². The van der Waals surface area contributed by atoms with Crippen LogP contribution in [-0.4, -0.2) is 30.4 Å². The molecule has 0 saturated carbocycles. The molecule has 0 rings (SSSR count). The molecule has 0 aliphatic carbocycles. The van der Waals surface area contributed by atoms with Crippen molar-refractivity contribution in [3.8, 4) is 0 Å². The van der Waals surface area contributed by atoms with Gasteiger partial charge in [0.25, 0.3) is 0 Å². The van der Waals surface area contributed by atoms with Crippen LogP contribution in [0, 0.1) is 0 Å². The quantitative estimate of drug-likeness (QED) is 0.348. The smallest absolute Gasteiger partial charge is 0.334 e. The van der Waals surface area contributed by atoms with Crippen LogP contribution in [0.2, 0.25) is 0 Å². The van der Waals surface area contributed by atoms with Crippen LogP contribution in [-0.2, 0) is 19.1 Å². The number of rotatable bonds is 5. The number of aliphatic hydroxyl groups is 1. The van der Waals surface area contributed by atoms with E-state index in [0.717, 1.165) is 0 Å². The number of carbonyl (C=O) groups excluding carboxylic acids is 2. The van der Waals surface area contributed by atoms with Crippen LogP contribution in [0.1, 0.15) is 6.42 Å². The molecule has 12 heavy (non-hydrogen) atoms. The Labute approximate surface area is 69.6 Å². The van der Waals surface area contributed by atoms with Gasteiger partial charge in [0.2, 0.25) is 6.79 Å². The molecule has 1 N–H and O–H groups in total. The van der Waals surface area contributed by atoms with E-state index in [4.69, 9.17) is 5.11 Å². The summed E-state index contributed by atoms with van der Waals surface area (Å²) in [5.74, 6) is -1.36. The molecule has 0 aromatic carbocycles. The van der Waals surface area contributed by atoms with Crippen molar-refractivity contribution in [2.24, 2.45) is 0 Å². The van der Waals surface area contributed by atoms with Crippen molar-refractivity contribution in [3.63, 3.8) is 0 Å². The number of carbonyl (C=O) groups is 2. The van der Waals surface area contributed by atoms with Gasteiger partial charge in [-0.05, 0) is 0 Å². The van der Waals surface area contributed by atoms with Gasteiger partial charge in [0, 0.05) is 0 Å². The standard InChI is InChI=1S/C7H10O5/c1-2-3-6(9)11-5-12-7(10)4-8/h2,8H,1,3-5H2. The summed E-state index contributed by atoms with van der Waals surface area (Å²) < 4.78 is 8.63. The van der Waals surface area contributed by atoms with E-state index in [1.165, 1.54) is 6.08 Å². The molecule has 0 aromatic heterocycles. The van der Waals surface area contributed by atoms with E-state index in [2.05, 4.69) is 16.1 Å². The number of hydrogen-bond donors (Lipinski definition) is 1. The Morgan fingerprint density at radius 3 is 2.42 bits per heavy atom. The topological polar surface area (TPSA) is 72.8 Å². The molecule has 0 fully saturated rings. The molecule has 0 spiro atoms. The van der Waals surface area contributed by atoms with Crippen LogP contribution in [0.5, 0.6) is 0 Å². The molecule has 0 bridgehead atoms. The maximum Gasteiger partial charge on any atom is 0.334 e. The number of esters is 2. The first kappa shape index (κ1) is 10.6. The molecule has 5 heteroatoms. The summed E-state index contributed by atoms with van der Waals surface area (Å²) in [5.41, 5.74) is 0. The first-order chi connectivity index (χ1) is 5.70. The maximum atomic E-state index is 10.6. The summed E-state index contributed by atoms with van der Waals surface area (Å²) in [6, 6.07) is 0. The SMILES string of the molecule is C=CCC(=O)OCOC(=O)CO. The van der Waals surface area contributed by atoms with Crippen molar-refractivity contribution in [1.82, 2.24) is 0 Å². The molecular weight excluding hydrogens is 164 g/mol. The molecule has 0 aliphatic rings. The summed E-state index contributed by atoms with van der Waals surface area (Å²) in [6.07, 6.45) is 1.44. The first-order valence-electron chi connectivity index (χ1n) is 3.23. The van der Waals surface area contributed by atoms with E-state index < -0.39 is 25.3 Å². The van der Waals surface area contributed by atoms with Gasteiger partial charge in [-0.1, -0.05) is 6.08 Å². The van der Waals surface area contributed by atoms with Gasteiger partial charge in [-0.2, -0.15) is 0 Å². The van der Waals surface area contributed by atoms with Gasteiger partial charge in [0.05, 0.1) is 6.42 Å². The summed E-state index contributed by atoms with van der Waals surface area (Å²) in [5, 5.41) is 8.17. The number of ether oxygens (including phenoxy) is 2. The van der Waals surface area contributed by atoms with Gasteiger partial charge < -0.3 is 14.6 Å². The van der Waals surface area contributed by atoms with E-state index in [9.17, 15) is 9.59 Å². The Bertz CT molecular complexity index is 175. The summed E-state index contributed by atoms with van der Waals surface area (Å²) in [4.78, 5) is 20.8. The lowest BCUT2D eigenvalue weighted by molar-refractivity contribution is -0.168. The second kappa shape index (κ2) is 6.36. The van der Waals surface area contributed by atoms with Crippen molar-refractivity contribution in [1.29, 1.82) is 0 Å². The van der Waals surface area contributed by atoms with Crippen molar-refractivity contribution >= 4 is 11.9 Å². The molecule has 0 radical (unpaired) electrons. The highest BCUT2D eigenvalue weighted by atomic mass is 16.7. The maximum absolute atomic E-state index is 10.6. The van der Waals surface area contributed by atoms with Crippen molar-refractivity contribution < 1.29 is 24.2 Å². The average molecular weight is 174 g/mol. The van der Waals surface area contributed by atoms with Crippen molar-refractivity contribution in [3.05, 3.63) is 12.7 Å². The molecule has 0 heterocycles. The molecule has 0 aromatic rings. The fraction of sp³-hybridized carbons (Fsp3) is 0.429. The highest BCUT2D eigenvalue weighted by molar-refractivity contribution is 5.72. The normalized spacial score (nSPS) is 8.75. The van der Waals surface area contributed by atoms with Crippen LogP contribution < -0.4 is 0 Å². The Balaban J connectivity index is 3.36. The van der Waals surface area contributed by atoms with E-state index in [1.54, 1.807) is 0 Å². The molecule has 68 valence electrons. The fourth-order valence-electron chi connectivity index (χ4n) is 0.383. The highest BCUT2D eigenvalue weighted by Gasteiger charge is 2.02. The number of hydrogen-bond acceptors (Lipinski definition) is 5. The lowest BCUT2D eigenvalue weighted by Crippen LogP contribution is -2.14. The van der Waals surface area contributed by atoms with Crippen LogP contribution in [0.15, 0.2) is 12.7 Å².